The van der Waals surface area contributed by atoms with Crippen LogP contribution in [-0.4, -0.2) is 12.8 Å². The Hall–Kier alpha value is -1.45. The molecule has 106 valence electrons. The van der Waals surface area contributed by atoms with Gasteiger partial charge in [-0.15, -0.1) is 11.8 Å². The molecule has 0 unspecified atom stereocenters. The molecule has 1 N–H and O–H groups in total. The van der Waals surface area contributed by atoms with Crippen LogP contribution in [0.25, 0.3) is 0 Å². The molecular weight excluding hydrogens is 266 g/mol. The van der Waals surface area contributed by atoms with Crippen LogP contribution in [0.1, 0.15) is 18.1 Å². The lowest BCUT2D eigenvalue weighted by Crippen LogP contribution is -2.12. The summed E-state index contributed by atoms with van der Waals surface area (Å²) >= 11 is 1.73. The molecule has 0 amide bonds. The van der Waals surface area contributed by atoms with Gasteiger partial charge in [0.25, 0.3) is 0 Å². The Morgan fingerprint density at radius 3 is 2.35 bits per heavy atom. The standard InChI is InChI=1S/C17H21NOS/c1-4-18-12-14-5-6-16(11-13(14)2)19-15-7-9-17(20-3)10-8-15/h5-11,18H,4,12H2,1-3H3. The van der Waals surface area contributed by atoms with Gasteiger partial charge in [-0.1, -0.05) is 13.0 Å². The van der Waals surface area contributed by atoms with Gasteiger partial charge in [-0.3, -0.25) is 0 Å². The molecule has 0 fully saturated rings. The second-order valence-corrected chi connectivity index (χ2v) is 5.53. The minimum Gasteiger partial charge on any atom is -0.457 e. The maximum Gasteiger partial charge on any atom is 0.127 e. The van der Waals surface area contributed by atoms with Crippen LogP contribution < -0.4 is 10.1 Å². The minimum absolute atomic E-state index is 0.877. The van der Waals surface area contributed by atoms with Crippen molar-refractivity contribution in [1.29, 1.82) is 0 Å². The van der Waals surface area contributed by atoms with Crippen LogP contribution in [0.5, 0.6) is 11.5 Å². The number of hydrogen-bond acceptors (Lipinski definition) is 3. The van der Waals surface area contributed by atoms with Crippen LogP contribution in [0.3, 0.4) is 0 Å². The van der Waals surface area contributed by atoms with Crippen molar-refractivity contribution in [2.24, 2.45) is 0 Å². The number of aryl methyl sites for hydroxylation is 1. The van der Waals surface area contributed by atoms with E-state index in [0.29, 0.717) is 0 Å². The monoisotopic (exact) mass is 287 g/mol. The van der Waals surface area contributed by atoms with E-state index in [4.69, 9.17) is 4.74 Å². The summed E-state index contributed by atoms with van der Waals surface area (Å²) in [5.41, 5.74) is 2.57. The molecule has 2 aromatic carbocycles. The minimum atomic E-state index is 0.877. The average molecular weight is 287 g/mol. The number of hydrogen-bond donors (Lipinski definition) is 1. The normalized spacial score (nSPS) is 10.6. The molecule has 0 heterocycles. The number of ether oxygens (including phenoxy) is 1. The van der Waals surface area contributed by atoms with Gasteiger partial charge < -0.3 is 10.1 Å². The Kier molecular flexibility index (Phi) is 5.50. The van der Waals surface area contributed by atoms with Crippen LogP contribution >= 0.6 is 11.8 Å². The first kappa shape index (κ1) is 14.9. The first-order chi connectivity index (χ1) is 9.72. The van der Waals surface area contributed by atoms with Gasteiger partial charge in [0.15, 0.2) is 0 Å². The molecule has 2 aromatic rings. The Labute approximate surface area is 125 Å². The van der Waals surface area contributed by atoms with Crippen LogP contribution in [0.2, 0.25) is 0 Å². The van der Waals surface area contributed by atoms with Crippen molar-refractivity contribution in [3.8, 4) is 11.5 Å². The second-order valence-electron chi connectivity index (χ2n) is 4.65. The van der Waals surface area contributed by atoms with E-state index in [0.717, 1.165) is 24.6 Å². The predicted octanol–water partition coefficient (Wildman–Crippen LogP) is 4.62. The van der Waals surface area contributed by atoms with E-state index >= 15 is 0 Å². The van der Waals surface area contributed by atoms with E-state index in [1.807, 2.05) is 18.2 Å². The van der Waals surface area contributed by atoms with Gasteiger partial charge in [0.2, 0.25) is 0 Å². The maximum atomic E-state index is 5.89. The fourth-order valence-corrected chi connectivity index (χ4v) is 2.38. The molecule has 0 bridgehead atoms. The Bertz CT molecular complexity index is 551. The summed E-state index contributed by atoms with van der Waals surface area (Å²) in [7, 11) is 0. The van der Waals surface area contributed by atoms with Gasteiger partial charge in [0.1, 0.15) is 11.5 Å². The molecule has 0 radical (unpaired) electrons. The summed E-state index contributed by atoms with van der Waals surface area (Å²) in [5, 5.41) is 3.34. The lowest BCUT2D eigenvalue weighted by Gasteiger charge is -2.10. The van der Waals surface area contributed by atoms with Gasteiger partial charge in [-0.25, -0.2) is 0 Å². The third-order valence-corrected chi connectivity index (χ3v) is 3.92. The summed E-state index contributed by atoms with van der Waals surface area (Å²) in [6.45, 7) is 6.13. The smallest absolute Gasteiger partial charge is 0.127 e. The van der Waals surface area contributed by atoms with E-state index in [2.05, 4.69) is 49.7 Å². The van der Waals surface area contributed by atoms with Gasteiger partial charge in [0, 0.05) is 11.4 Å². The van der Waals surface area contributed by atoms with Crippen molar-refractivity contribution in [1.82, 2.24) is 5.32 Å². The maximum absolute atomic E-state index is 5.89. The molecule has 3 heteroatoms. The molecule has 0 aliphatic carbocycles. The van der Waals surface area contributed by atoms with Crippen molar-refractivity contribution in [3.05, 3.63) is 53.6 Å². The van der Waals surface area contributed by atoms with Crippen LogP contribution in [0.15, 0.2) is 47.4 Å². The van der Waals surface area contributed by atoms with Crippen molar-refractivity contribution in [2.75, 3.05) is 12.8 Å². The Balaban J connectivity index is 2.07. The molecule has 0 aliphatic rings. The highest BCUT2D eigenvalue weighted by molar-refractivity contribution is 7.98. The largest absolute Gasteiger partial charge is 0.457 e. The molecule has 0 saturated carbocycles. The SMILES string of the molecule is CCNCc1ccc(Oc2ccc(SC)cc2)cc1C. The molecule has 0 aliphatic heterocycles. The van der Waals surface area contributed by atoms with Crippen molar-refractivity contribution < 1.29 is 4.74 Å². The van der Waals surface area contributed by atoms with Crippen molar-refractivity contribution in [3.63, 3.8) is 0 Å². The number of rotatable bonds is 6. The van der Waals surface area contributed by atoms with E-state index in [1.54, 1.807) is 11.8 Å². The predicted molar refractivity (Wildman–Crippen MR) is 86.9 cm³/mol. The summed E-state index contributed by atoms with van der Waals surface area (Å²) in [4.78, 5) is 1.24. The molecule has 20 heavy (non-hydrogen) atoms. The third-order valence-electron chi connectivity index (χ3n) is 3.17. The summed E-state index contributed by atoms with van der Waals surface area (Å²) < 4.78 is 5.89. The lowest BCUT2D eigenvalue weighted by atomic mass is 10.1. The zero-order valence-electron chi connectivity index (χ0n) is 12.3. The molecule has 2 rings (SSSR count). The number of thioether (sulfide) groups is 1. The highest BCUT2D eigenvalue weighted by Crippen LogP contribution is 2.25. The molecule has 0 atom stereocenters. The number of benzene rings is 2. The molecule has 0 spiro atoms. The van der Waals surface area contributed by atoms with E-state index < -0.39 is 0 Å². The first-order valence-corrected chi connectivity index (χ1v) is 8.07. The topological polar surface area (TPSA) is 21.3 Å². The van der Waals surface area contributed by atoms with E-state index in [-0.39, 0.29) is 0 Å². The van der Waals surface area contributed by atoms with Gasteiger partial charge in [-0.05, 0) is 67.2 Å². The number of nitrogens with one attached hydrogen (secondary N) is 1. The molecule has 0 aromatic heterocycles. The van der Waals surface area contributed by atoms with E-state index in [1.165, 1.54) is 16.0 Å². The Morgan fingerprint density at radius 2 is 1.75 bits per heavy atom. The highest BCUT2D eigenvalue weighted by atomic mass is 32.2. The van der Waals surface area contributed by atoms with Gasteiger partial charge in [0.05, 0.1) is 0 Å². The van der Waals surface area contributed by atoms with E-state index in [9.17, 15) is 0 Å². The van der Waals surface area contributed by atoms with Crippen molar-refractivity contribution >= 4 is 11.8 Å². The molecular formula is C17H21NOS. The average Bonchev–Trinajstić information content (AvgIpc) is 2.47. The van der Waals surface area contributed by atoms with Crippen LogP contribution in [-0.2, 0) is 6.54 Å². The fraction of sp³-hybridized carbons (Fsp3) is 0.294. The van der Waals surface area contributed by atoms with Crippen LogP contribution in [0, 0.1) is 6.92 Å². The van der Waals surface area contributed by atoms with Crippen molar-refractivity contribution in [2.45, 2.75) is 25.3 Å². The Morgan fingerprint density at radius 1 is 1.05 bits per heavy atom. The lowest BCUT2D eigenvalue weighted by molar-refractivity contribution is 0.481. The third kappa shape index (κ3) is 4.02. The zero-order valence-corrected chi connectivity index (χ0v) is 13.1. The van der Waals surface area contributed by atoms with Crippen LogP contribution in [0.4, 0.5) is 0 Å². The van der Waals surface area contributed by atoms with Gasteiger partial charge in [-0.2, -0.15) is 0 Å². The quantitative estimate of drug-likeness (QED) is 0.783. The highest BCUT2D eigenvalue weighted by Gasteiger charge is 2.02. The molecule has 2 nitrogen and oxygen atoms in total. The summed E-state index contributed by atoms with van der Waals surface area (Å²) in [6, 6.07) is 14.4. The first-order valence-electron chi connectivity index (χ1n) is 6.85. The fourth-order valence-electron chi connectivity index (χ4n) is 1.97. The zero-order chi connectivity index (χ0) is 14.4. The second kappa shape index (κ2) is 7.36. The van der Waals surface area contributed by atoms with Gasteiger partial charge >= 0.3 is 0 Å². The summed E-state index contributed by atoms with van der Waals surface area (Å²) in [6.07, 6.45) is 2.07. The summed E-state index contributed by atoms with van der Waals surface area (Å²) in [5.74, 6) is 1.77. The molecule has 0 saturated heterocycles.